The van der Waals surface area contributed by atoms with Gasteiger partial charge in [-0.25, -0.2) is 0 Å². The molecule has 0 heterocycles. The summed E-state index contributed by atoms with van der Waals surface area (Å²) in [5.41, 5.74) is 4.59. The Hall–Kier alpha value is -1.51. The molecule has 0 aliphatic rings. The van der Waals surface area contributed by atoms with Gasteiger partial charge in [-0.05, 0) is 54.8 Å². The molecule has 21 heavy (non-hydrogen) atoms. The summed E-state index contributed by atoms with van der Waals surface area (Å²) < 4.78 is 5.94. The second-order valence-corrected chi connectivity index (χ2v) is 5.59. The molecule has 0 saturated heterocycles. The van der Waals surface area contributed by atoms with Crippen LogP contribution in [0.1, 0.15) is 29.2 Å². The molecule has 0 aliphatic carbocycles. The van der Waals surface area contributed by atoms with E-state index in [9.17, 15) is 0 Å². The summed E-state index contributed by atoms with van der Waals surface area (Å²) in [6, 6.07) is 12.3. The van der Waals surface area contributed by atoms with E-state index in [-0.39, 0.29) is 0 Å². The normalized spacial score (nSPS) is 10.7. The molecule has 0 radical (unpaired) electrons. The topological polar surface area (TPSA) is 21.3 Å². The molecule has 0 saturated carbocycles. The molecule has 0 unspecified atom stereocenters. The summed E-state index contributed by atoms with van der Waals surface area (Å²) in [5, 5.41) is 4.17. The average molecular weight is 304 g/mol. The Balaban J connectivity index is 2.09. The first-order chi connectivity index (χ1) is 10.1. The van der Waals surface area contributed by atoms with Crippen LogP contribution >= 0.6 is 11.6 Å². The van der Waals surface area contributed by atoms with Crippen LogP contribution in [0.25, 0.3) is 0 Å². The maximum atomic E-state index is 6.19. The van der Waals surface area contributed by atoms with Gasteiger partial charge in [0, 0.05) is 11.6 Å². The second-order valence-electron chi connectivity index (χ2n) is 5.21. The molecule has 2 rings (SSSR count). The van der Waals surface area contributed by atoms with Gasteiger partial charge in [-0.3, -0.25) is 0 Å². The Kier molecular flexibility index (Phi) is 5.66. The fraction of sp³-hybridized carbons (Fsp3) is 0.333. The van der Waals surface area contributed by atoms with Gasteiger partial charge in [-0.2, -0.15) is 0 Å². The van der Waals surface area contributed by atoms with Crippen molar-refractivity contribution < 1.29 is 4.74 Å². The lowest BCUT2D eigenvalue weighted by atomic mass is 10.1. The third-order valence-corrected chi connectivity index (χ3v) is 4.08. The minimum absolute atomic E-state index is 0.572. The number of rotatable bonds is 6. The fourth-order valence-corrected chi connectivity index (χ4v) is 2.39. The fourth-order valence-electron chi connectivity index (χ4n) is 2.28. The first kappa shape index (κ1) is 15.9. The van der Waals surface area contributed by atoms with Crippen LogP contribution in [0.15, 0.2) is 36.4 Å². The molecular weight excluding hydrogens is 282 g/mol. The summed E-state index contributed by atoms with van der Waals surface area (Å²) in [6.45, 7) is 8.52. The average Bonchev–Trinajstić information content (AvgIpc) is 2.49. The Morgan fingerprint density at radius 2 is 1.67 bits per heavy atom. The lowest BCUT2D eigenvalue weighted by Gasteiger charge is -2.13. The Morgan fingerprint density at radius 3 is 2.29 bits per heavy atom. The predicted octanol–water partition coefficient (Wildman–Crippen LogP) is 4.65. The van der Waals surface area contributed by atoms with Crippen molar-refractivity contribution in [3.63, 3.8) is 0 Å². The van der Waals surface area contributed by atoms with Gasteiger partial charge in [-0.1, -0.05) is 42.8 Å². The molecule has 1 N–H and O–H groups in total. The Bertz CT molecular complexity index is 587. The van der Waals surface area contributed by atoms with E-state index < -0.39 is 0 Å². The third-order valence-electron chi connectivity index (χ3n) is 3.49. The van der Waals surface area contributed by atoms with Gasteiger partial charge in [0.2, 0.25) is 0 Å². The summed E-state index contributed by atoms with van der Waals surface area (Å²) in [6.07, 6.45) is 0. The molecule has 2 nitrogen and oxygen atoms in total. The van der Waals surface area contributed by atoms with Gasteiger partial charge in [0.25, 0.3) is 0 Å². The number of hydrogen-bond donors (Lipinski definition) is 1. The van der Waals surface area contributed by atoms with Crippen molar-refractivity contribution in [3.8, 4) is 5.75 Å². The van der Waals surface area contributed by atoms with Crippen LogP contribution in [0.2, 0.25) is 5.02 Å². The van der Waals surface area contributed by atoms with Gasteiger partial charge in [0.1, 0.15) is 12.4 Å². The molecule has 0 atom stereocenters. The van der Waals surface area contributed by atoms with E-state index >= 15 is 0 Å². The first-order valence-corrected chi connectivity index (χ1v) is 7.66. The van der Waals surface area contributed by atoms with Crippen LogP contribution in [-0.4, -0.2) is 6.54 Å². The van der Waals surface area contributed by atoms with Crippen LogP contribution in [0.3, 0.4) is 0 Å². The van der Waals surface area contributed by atoms with Crippen LogP contribution in [0.5, 0.6) is 5.75 Å². The van der Waals surface area contributed by atoms with Crippen molar-refractivity contribution in [2.45, 2.75) is 33.9 Å². The van der Waals surface area contributed by atoms with Gasteiger partial charge in [-0.15, -0.1) is 0 Å². The van der Waals surface area contributed by atoms with Crippen LogP contribution in [0, 0.1) is 13.8 Å². The number of hydrogen-bond acceptors (Lipinski definition) is 2. The van der Waals surface area contributed by atoms with Gasteiger partial charge >= 0.3 is 0 Å². The van der Waals surface area contributed by atoms with Crippen molar-refractivity contribution in [3.05, 3.63) is 63.7 Å². The zero-order chi connectivity index (χ0) is 15.2. The summed E-state index contributed by atoms with van der Waals surface area (Å²) in [7, 11) is 0. The standard InChI is InChI=1S/C18H22ClNO/c1-4-20-11-15-7-5-6-8-16(15)12-21-17-9-13(2)18(19)14(3)10-17/h5-10,20H,4,11-12H2,1-3H3. The van der Waals surface area contributed by atoms with Crippen molar-refractivity contribution in [2.24, 2.45) is 0 Å². The quantitative estimate of drug-likeness (QED) is 0.839. The van der Waals surface area contributed by atoms with Crippen LogP contribution in [0.4, 0.5) is 0 Å². The molecule has 0 spiro atoms. The summed E-state index contributed by atoms with van der Waals surface area (Å²) in [4.78, 5) is 0. The van der Waals surface area contributed by atoms with Crippen molar-refractivity contribution in [1.82, 2.24) is 5.32 Å². The SMILES string of the molecule is CCNCc1ccccc1COc1cc(C)c(Cl)c(C)c1. The van der Waals surface area contributed by atoms with E-state index in [0.717, 1.165) is 35.0 Å². The molecule has 0 aliphatic heterocycles. The number of ether oxygens (including phenoxy) is 1. The van der Waals surface area contributed by atoms with Gasteiger partial charge in [0.05, 0.1) is 0 Å². The third kappa shape index (κ3) is 4.23. The number of benzene rings is 2. The second kappa shape index (κ2) is 7.48. The lowest BCUT2D eigenvalue weighted by molar-refractivity contribution is 0.304. The number of halogens is 1. The maximum absolute atomic E-state index is 6.19. The van der Waals surface area contributed by atoms with E-state index in [1.165, 1.54) is 11.1 Å². The molecule has 0 aromatic heterocycles. The van der Waals surface area contributed by atoms with E-state index in [4.69, 9.17) is 16.3 Å². The first-order valence-electron chi connectivity index (χ1n) is 7.29. The highest BCUT2D eigenvalue weighted by atomic mass is 35.5. The van der Waals surface area contributed by atoms with E-state index in [1.807, 2.05) is 32.0 Å². The zero-order valence-electron chi connectivity index (χ0n) is 12.9. The Morgan fingerprint density at radius 1 is 1.05 bits per heavy atom. The lowest BCUT2D eigenvalue weighted by Crippen LogP contribution is -2.14. The Labute approximate surface area is 132 Å². The molecule has 2 aromatic rings. The zero-order valence-corrected chi connectivity index (χ0v) is 13.6. The van der Waals surface area contributed by atoms with Crippen LogP contribution in [-0.2, 0) is 13.2 Å². The monoisotopic (exact) mass is 303 g/mol. The summed E-state index contributed by atoms with van der Waals surface area (Å²) >= 11 is 6.19. The molecule has 0 amide bonds. The highest BCUT2D eigenvalue weighted by Crippen LogP contribution is 2.26. The van der Waals surface area contributed by atoms with Crippen LogP contribution < -0.4 is 10.1 Å². The molecule has 0 fully saturated rings. The van der Waals surface area contributed by atoms with Gasteiger partial charge < -0.3 is 10.1 Å². The number of nitrogens with one attached hydrogen (secondary N) is 1. The summed E-state index contributed by atoms with van der Waals surface area (Å²) in [5.74, 6) is 0.868. The number of aryl methyl sites for hydroxylation is 2. The highest BCUT2D eigenvalue weighted by Gasteiger charge is 2.06. The molecule has 0 bridgehead atoms. The van der Waals surface area contributed by atoms with E-state index in [1.54, 1.807) is 0 Å². The molecular formula is C18H22ClNO. The minimum Gasteiger partial charge on any atom is -0.489 e. The van der Waals surface area contributed by atoms with Crippen molar-refractivity contribution in [2.75, 3.05) is 6.54 Å². The molecule has 2 aromatic carbocycles. The van der Waals surface area contributed by atoms with Crippen molar-refractivity contribution in [1.29, 1.82) is 0 Å². The largest absolute Gasteiger partial charge is 0.489 e. The van der Waals surface area contributed by atoms with E-state index in [0.29, 0.717) is 6.61 Å². The molecule has 3 heteroatoms. The van der Waals surface area contributed by atoms with Gasteiger partial charge in [0.15, 0.2) is 0 Å². The predicted molar refractivity (Wildman–Crippen MR) is 89.1 cm³/mol. The smallest absolute Gasteiger partial charge is 0.120 e. The minimum atomic E-state index is 0.572. The van der Waals surface area contributed by atoms with Crippen molar-refractivity contribution >= 4 is 11.6 Å². The van der Waals surface area contributed by atoms with E-state index in [2.05, 4.69) is 30.4 Å². The maximum Gasteiger partial charge on any atom is 0.120 e. The highest BCUT2D eigenvalue weighted by molar-refractivity contribution is 6.32. The molecule has 112 valence electrons.